The van der Waals surface area contributed by atoms with Gasteiger partial charge in [-0.1, -0.05) is 72.9 Å². The Bertz CT molecular complexity index is 1290. The summed E-state index contributed by atoms with van der Waals surface area (Å²) in [4.78, 5) is 26.2. The molecule has 0 aromatic heterocycles. The van der Waals surface area contributed by atoms with Gasteiger partial charge in [0.1, 0.15) is 11.9 Å². The lowest BCUT2D eigenvalue weighted by molar-refractivity contribution is -0.116. The number of ether oxygens (including phenoxy) is 3. The molecule has 42 heavy (non-hydrogen) atoms. The van der Waals surface area contributed by atoms with Gasteiger partial charge in [-0.3, -0.25) is 4.79 Å². The van der Waals surface area contributed by atoms with Crippen molar-refractivity contribution in [2.75, 3.05) is 32.8 Å². The molecule has 1 aliphatic heterocycles. The van der Waals surface area contributed by atoms with E-state index in [0.717, 1.165) is 56.4 Å². The summed E-state index contributed by atoms with van der Waals surface area (Å²) in [6.45, 7) is 7.18. The van der Waals surface area contributed by atoms with E-state index in [4.69, 9.17) is 14.2 Å². The molecule has 1 heterocycles. The molecule has 0 bridgehead atoms. The fourth-order valence-electron chi connectivity index (χ4n) is 5.10. The maximum Gasteiger partial charge on any atom is 0.513 e. The number of amides is 1. The van der Waals surface area contributed by atoms with Crippen LogP contribution in [0.2, 0.25) is 0 Å². The third kappa shape index (κ3) is 9.86. The van der Waals surface area contributed by atoms with Gasteiger partial charge in [-0.05, 0) is 73.9 Å². The van der Waals surface area contributed by atoms with Gasteiger partial charge in [0, 0.05) is 32.3 Å². The number of piperidine rings is 1. The number of allylic oxidation sites excluding steroid dienone is 4. The Morgan fingerprint density at radius 3 is 2.60 bits per heavy atom. The normalized spacial score (nSPS) is 16.9. The molecule has 2 aromatic rings. The molecule has 222 valence electrons. The summed E-state index contributed by atoms with van der Waals surface area (Å²) < 4.78 is 16.7. The number of carbonyl (C=O) groups excluding carboxylic acids is 2. The first-order chi connectivity index (χ1) is 20.5. The number of likely N-dealkylation sites (tertiary alicyclic amines) is 1. The van der Waals surface area contributed by atoms with Crippen LogP contribution in [-0.4, -0.2) is 55.9 Å². The first kappa shape index (κ1) is 31.0. The molecule has 2 aromatic carbocycles. The molecule has 1 fully saturated rings. The zero-order valence-corrected chi connectivity index (χ0v) is 24.7. The molecule has 1 unspecified atom stereocenters. The largest absolute Gasteiger partial charge is 0.513 e. The number of nitrogens with zero attached hydrogens (tertiary/aromatic N) is 1. The van der Waals surface area contributed by atoms with E-state index >= 15 is 0 Å². The average molecular weight is 571 g/mol. The summed E-state index contributed by atoms with van der Waals surface area (Å²) in [6.07, 6.45) is 17.3. The maximum absolute atomic E-state index is 12.3. The van der Waals surface area contributed by atoms with Crippen LogP contribution < -0.4 is 10.1 Å². The third-order valence-corrected chi connectivity index (χ3v) is 7.32. The molecule has 1 N–H and O–H groups in total. The van der Waals surface area contributed by atoms with E-state index in [1.165, 1.54) is 17.2 Å². The molecular weight excluding hydrogens is 528 g/mol. The van der Waals surface area contributed by atoms with E-state index in [9.17, 15) is 9.59 Å². The minimum absolute atomic E-state index is 0.0202. The molecule has 1 amide bonds. The molecule has 2 aliphatic rings. The highest BCUT2D eigenvalue weighted by atomic mass is 16.7. The number of carbonyl (C=O) groups is 2. The van der Waals surface area contributed by atoms with Gasteiger partial charge in [0.05, 0.1) is 12.7 Å². The Balaban J connectivity index is 1.15. The second-order valence-corrected chi connectivity index (χ2v) is 10.5. The molecule has 0 saturated carbocycles. The van der Waals surface area contributed by atoms with E-state index in [-0.39, 0.29) is 24.7 Å². The predicted octanol–water partition coefficient (Wildman–Crippen LogP) is 6.71. The van der Waals surface area contributed by atoms with Crippen LogP contribution in [0.4, 0.5) is 4.79 Å². The number of hydrogen-bond acceptors (Lipinski definition) is 6. The van der Waals surface area contributed by atoms with Crippen LogP contribution in [0.25, 0.3) is 6.08 Å². The van der Waals surface area contributed by atoms with Gasteiger partial charge in [-0.15, -0.1) is 0 Å². The predicted molar refractivity (Wildman–Crippen MR) is 166 cm³/mol. The van der Waals surface area contributed by atoms with Crippen LogP contribution in [-0.2, 0) is 14.3 Å². The second kappa shape index (κ2) is 16.5. The lowest BCUT2D eigenvalue weighted by Crippen LogP contribution is -2.41. The molecule has 1 saturated heterocycles. The van der Waals surface area contributed by atoms with Crippen molar-refractivity contribution >= 4 is 18.1 Å². The zero-order chi connectivity index (χ0) is 29.6. The van der Waals surface area contributed by atoms with Crippen LogP contribution in [0.15, 0.2) is 90.6 Å². The molecule has 0 radical (unpaired) electrons. The van der Waals surface area contributed by atoms with Gasteiger partial charge in [-0.25, -0.2) is 4.79 Å². The lowest BCUT2D eigenvalue weighted by Gasteiger charge is -2.34. The van der Waals surface area contributed by atoms with Gasteiger partial charge >= 0.3 is 6.16 Å². The summed E-state index contributed by atoms with van der Waals surface area (Å²) >= 11 is 0. The lowest BCUT2D eigenvalue weighted by atomic mass is 9.96. The minimum atomic E-state index is -0.714. The van der Waals surface area contributed by atoms with E-state index in [1.807, 2.05) is 37.3 Å². The smallest absolute Gasteiger partial charge is 0.434 e. The number of rotatable bonds is 12. The molecule has 0 spiro atoms. The van der Waals surface area contributed by atoms with E-state index in [2.05, 4.69) is 52.7 Å². The third-order valence-electron chi connectivity index (χ3n) is 7.32. The summed E-state index contributed by atoms with van der Waals surface area (Å²) in [6, 6.07) is 16.0. The van der Waals surface area contributed by atoms with Crippen molar-refractivity contribution in [1.29, 1.82) is 0 Å². The first-order valence-corrected chi connectivity index (χ1v) is 14.9. The average Bonchev–Trinajstić information content (AvgIpc) is 3.01. The van der Waals surface area contributed by atoms with Crippen LogP contribution in [0, 0.1) is 6.92 Å². The van der Waals surface area contributed by atoms with Gasteiger partial charge in [-0.2, -0.15) is 0 Å². The fourth-order valence-corrected chi connectivity index (χ4v) is 5.10. The minimum Gasteiger partial charge on any atom is -0.434 e. The van der Waals surface area contributed by atoms with Crippen LogP contribution in [0.5, 0.6) is 5.75 Å². The Morgan fingerprint density at radius 2 is 1.88 bits per heavy atom. The van der Waals surface area contributed by atoms with Gasteiger partial charge in [0.2, 0.25) is 5.91 Å². The summed E-state index contributed by atoms with van der Waals surface area (Å²) in [7, 11) is 0. The number of aryl methyl sites for hydroxylation is 1. The highest BCUT2D eigenvalue weighted by molar-refractivity contribution is 5.87. The van der Waals surface area contributed by atoms with Gasteiger partial charge in [0.25, 0.3) is 0 Å². The fraction of sp³-hybridized carbons (Fsp3) is 0.371. The summed E-state index contributed by atoms with van der Waals surface area (Å²) in [5.41, 5.74) is 4.21. The molecule has 1 atom stereocenters. The molecular formula is C35H42N2O5. The van der Waals surface area contributed by atoms with Crippen LogP contribution >= 0.6 is 0 Å². The standard InChI is InChI=1S/C35H42N2O5/c1-3-40-35(39)42-32-19-18-28(26-27(32)2)12-10-11-17-33(38)36-22-25-37-23-20-31(21-24-37)41-34(29-13-6-4-7-14-29)30-15-8-5-9-16-30/h4,6-8,10-19,26,31,34H,3,5,9,20-25H2,1-2H3,(H,36,38)/b12-10+,17-11+. The quantitative estimate of drug-likeness (QED) is 0.132. The van der Waals surface area contributed by atoms with Crippen molar-refractivity contribution in [3.8, 4) is 5.75 Å². The maximum atomic E-state index is 12.3. The van der Waals surface area contributed by atoms with Gasteiger partial charge in [0.15, 0.2) is 0 Å². The summed E-state index contributed by atoms with van der Waals surface area (Å²) in [5.74, 6) is 0.343. The van der Waals surface area contributed by atoms with Crippen molar-refractivity contribution in [2.24, 2.45) is 0 Å². The molecule has 1 aliphatic carbocycles. The SMILES string of the molecule is CCOC(=O)Oc1ccc(/C=C/C=C/C(=O)NCCN2CCC(OC(C3=CCCC=C3)c3ccccc3)CC2)cc1C. The Morgan fingerprint density at radius 1 is 1.07 bits per heavy atom. The zero-order valence-electron chi connectivity index (χ0n) is 24.7. The Labute approximate surface area is 249 Å². The molecule has 7 nitrogen and oxygen atoms in total. The summed E-state index contributed by atoms with van der Waals surface area (Å²) in [5, 5.41) is 2.97. The number of hydrogen-bond donors (Lipinski definition) is 1. The monoisotopic (exact) mass is 570 g/mol. The van der Waals surface area contributed by atoms with Crippen molar-refractivity contribution in [3.63, 3.8) is 0 Å². The van der Waals surface area contributed by atoms with E-state index in [1.54, 1.807) is 19.1 Å². The molecule has 7 heteroatoms. The highest BCUT2D eigenvalue weighted by Crippen LogP contribution is 2.32. The number of benzene rings is 2. The van der Waals surface area contributed by atoms with E-state index in [0.29, 0.717) is 12.3 Å². The first-order valence-electron chi connectivity index (χ1n) is 14.9. The van der Waals surface area contributed by atoms with Crippen molar-refractivity contribution in [1.82, 2.24) is 10.2 Å². The number of nitrogens with one attached hydrogen (secondary N) is 1. The van der Waals surface area contributed by atoms with Crippen LogP contribution in [0.1, 0.15) is 55.4 Å². The van der Waals surface area contributed by atoms with Crippen molar-refractivity contribution in [2.45, 2.75) is 51.7 Å². The Hall–Kier alpha value is -3.94. The molecule has 4 rings (SSSR count). The second-order valence-electron chi connectivity index (χ2n) is 10.5. The topological polar surface area (TPSA) is 77.1 Å². The Kier molecular flexibility index (Phi) is 12.2. The van der Waals surface area contributed by atoms with Crippen LogP contribution in [0.3, 0.4) is 0 Å². The van der Waals surface area contributed by atoms with Gasteiger partial charge < -0.3 is 24.4 Å². The highest BCUT2D eigenvalue weighted by Gasteiger charge is 2.25. The van der Waals surface area contributed by atoms with Crippen molar-refractivity contribution in [3.05, 3.63) is 107 Å². The van der Waals surface area contributed by atoms with E-state index < -0.39 is 6.16 Å². The van der Waals surface area contributed by atoms with Crippen molar-refractivity contribution < 1.29 is 23.8 Å².